The number of imidazole rings is 1. The number of Topliss-reactive ketones (excluding diaryl/α,β-unsaturated/α-hetero) is 1. The van der Waals surface area contributed by atoms with Crippen LogP contribution in [0.2, 0.25) is 0 Å². The van der Waals surface area contributed by atoms with Gasteiger partial charge in [0.2, 0.25) is 0 Å². The molecule has 0 N–H and O–H groups in total. The first kappa shape index (κ1) is 18.9. The summed E-state index contributed by atoms with van der Waals surface area (Å²) in [4.78, 5) is 14.4. The first-order valence-electron chi connectivity index (χ1n) is 8.67. The molecule has 0 fully saturated rings. The first-order valence-corrected chi connectivity index (χ1v) is 8.67. The van der Waals surface area contributed by atoms with Crippen LogP contribution in [0.5, 0.6) is 0 Å². The summed E-state index contributed by atoms with van der Waals surface area (Å²) in [6, 6.07) is 8.23. The fourth-order valence-electron chi connectivity index (χ4n) is 2.44. The number of aromatic nitrogens is 2. The largest absolute Gasteiger partial charge is 0.378 e. The molecule has 1 aromatic carbocycles. The maximum Gasteiger partial charge on any atom is 0.282 e. The molecular formula is C20H29N4O+. The van der Waals surface area contributed by atoms with Crippen molar-refractivity contribution in [1.29, 1.82) is 0 Å². The molecule has 1 heterocycles. The summed E-state index contributed by atoms with van der Waals surface area (Å²) in [6.07, 6.45) is 6.48. The quantitative estimate of drug-likeness (QED) is 0.599. The Bertz CT molecular complexity index is 749. The van der Waals surface area contributed by atoms with Crippen LogP contribution in [0.1, 0.15) is 39.1 Å². The van der Waals surface area contributed by atoms with Crippen LogP contribution in [-0.4, -0.2) is 30.8 Å². The van der Waals surface area contributed by atoms with Gasteiger partial charge in [-0.1, -0.05) is 44.9 Å². The lowest BCUT2D eigenvalue weighted by Crippen LogP contribution is -2.43. The van der Waals surface area contributed by atoms with E-state index < -0.39 is 0 Å². The van der Waals surface area contributed by atoms with Crippen LogP contribution in [0.25, 0.3) is 0 Å². The van der Waals surface area contributed by atoms with Gasteiger partial charge in [-0.3, -0.25) is 4.79 Å². The van der Waals surface area contributed by atoms with Crippen molar-refractivity contribution in [2.75, 3.05) is 19.0 Å². The Morgan fingerprint density at radius 3 is 2.40 bits per heavy atom. The zero-order chi connectivity index (χ0) is 18.6. The van der Waals surface area contributed by atoms with Crippen molar-refractivity contribution >= 4 is 17.7 Å². The molecule has 25 heavy (non-hydrogen) atoms. The minimum Gasteiger partial charge on any atom is -0.378 e. The number of carbonyl (C=O) groups excluding carboxylic acids is 1. The van der Waals surface area contributed by atoms with Gasteiger partial charge in [0, 0.05) is 31.6 Å². The molecule has 5 nitrogen and oxygen atoms in total. The predicted octanol–water partition coefficient (Wildman–Crippen LogP) is 2.90. The Morgan fingerprint density at radius 2 is 1.88 bits per heavy atom. The van der Waals surface area contributed by atoms with E-state index in [2.05, 4.69) is 29.1 Å². The smallest absolute Gasteiger partial charge is 0.282 e. The van der Waals surface area contributed by atoms with Gasteiger partial charge in [-0.05, 0) is 17.7 Å². The topological polar surface area (TPSA) is 41.5 Å². The molecule has 134 valence electrons. The van der Waals surface area contributed by atoms with Crippen LogP contribution in [0.15, 0.2) is 41.8 Å². The second-order valence-electron chi connectivity index (χ2n) is 7.44. The summed E-state index contributed by atoms with van der Waals surface area (Å²) in [6.45, 7) is 8.31. The molecular weight excluding hydrogens is 312 g/mol. The number of anilines is 1. The van der Waals surface area contributed by atoms with Crippen molar-refractivity contribution in [3.63, 3.8) is 0 Å². The average molecular weight is 341 g/mol. The van der Waals surface area contributed by atoms with Crippen molar-refractivity contribution in [2.45, 2.75) is 40.7 Å². The van der Waals surface area contributed by atoms with Gasteiger partial charge in [-0.2, -0.15) is 0 Å². The van der Waals surface area contributed by atoms with Gasteiger partial charge < -0.3 is 4.90 Å². The van der Waals surface area contributed by atoms with E-state index in [1.807, 2.05) is 74.9 Å². The summed E-state index contributed by atoms with van der Waals surface area (Å²) >= 11 is 0. The molecule has 0 amide bonds. The summed E-state index contributed by atoms with van der Waals surface area (Å²) in [5.41, 5.74) is 1.86. The highest BCUT2D eigenvalue weighted by Gasteiger charge is 2.26. The molecule has 0 spiro atoms. The van der Waals surface area contributed by atoms with Crippen LogP contribution in [0.3, 0.4) is 0 Å². The number of rotatable bonds is 6. The molecule has 0 saturated carbocycles. The van der Waals surface area contributed by atoms with Crippen LogP contribution < -0.4 is 9.47 Å². The van der Waals surface area contributed by atoms with E-state index in [1.54, 1.807) is 0 Å². The lowest BCUT2D eigenvalue weighted by molar-refractivity contribution is -0.691. The molecule has 2 rings (SSSR count). The molecule has 0 radical (unpaired) electrons. The molecule has 0 unspecified atom stereocenters. The zero-order valence-corrected chi connectivity index (χ0v) is 16.2. The molecule has 1 aromatic heterocycles. The third kappa shape index (κ3) is 4.78. The maximum atomic E-state index is 12.3. The van der Waals surface area contributed by atoms with Crippen LogP contribution in [-0.2, 0) is 17.8 Å². The summed E-state index contributed by atoms with van der Waals surface area (Å²) < 4.78 is 3.83. The number of carbonyl (C=O) groups is 1. The van der Waals surface area contributed by atoms with Gasteiger partial charge in [0.15, 0.2) is 12.0 Å². The van der Waals surface area contributed by atoms with E-state index in [0.717, 1.165) is 23.5 Å². The first-order chi connectivity index (χ1) is 11.7. The zero-order valence-electron chi connectivity index (χ0n) is 16.2. The normalized spacial score (nSPS) is 11.9. The second kappa shape index (κ2) is 7.64. The standard InChI is InChI=1S/C20H29N4O/c1-7-19-23(15-18(25)20(2,3)4)12-13-24(19)21-14-16-8-10-17(11-9-16)22(5)6/h8-14H,7,15H2,1-6H3/q+1/b21-14+. The van der Waals surface area contributed by atoms with Crippen molar-refractivity contribution in [2.24, 2.45) is 10.5 Å². The fourth-order valence-corrected chi connectivity index (χ4v) is 2.44. The summed E-state index contributed by atoms with van der Waals surface area (Å²) in [7, 11) is 4.04. The van der Waals surface area contributed by atoms with Gasteiger partial charge in [0.25, 0.3) is 5.82 Å². The SMILES string of the molecule is CCc1n(/N=C/c2ccc(N(C)C)cc2)cc[n+]1CC(=O)C(C)(C)C. The van der Waals surface area contributed by atoms with E-state index in [1.165, 1.54) is 0 Å². The highest BCUT2D eigenvalue weighted by Crippen LogP contribution is 2.14. The molecule has 0 aliphatic rings. The Balaban J connectivity index is 2.18. The van der Waals surface area contributed by atoms with Gasteiger partial charge in [-0.25, -0.2) is 4.57 Å². The van der Waals surface area contributed by atoms with Crippen LogP contribution >= 0.6 is 0 Å². The minimum atomic E-state index is -0.336. The minimum absolute atomic E-state index is 0.216. The number of ketones is 1. The van der Waals surface area contributed by atoms with Crippen molar-refractivity contribution in [3.8, 4) is 0 Å². The van der Waals surface area contributed by atoms with Crippen molar-refractivity contribution < 1.29 is 9.36 Å². The third-order valence-corrected chi connectivity index (χ3v) is 4.19. The number of hydrogen-bond donors (Lipinski definition) is 0. The van der Waals surface area contributed by atoms with Gasteiger partial charge in [0.05, 0.1) is 6.21 Å². The summed E-state index contributed by atoms with van der Waals surface area (Å²) in [5.74, 6) is 1.23. The van der Waals surface area contributed by atoms with E-state index in [-0.39, 0.29) is 11.2 Å². The maximum absolute atomic E-state index is 12.3. The van der Waals surface area contributed by atoms with E-state index in [4.69, 9.17) is 0 Å². The van der Waals surface area contributed by atoms with E-state index in [9.17, 15) is 4.79 Å². The third-order valence-electron chi connectivity index (χ3n) is 4.19. The Morgan fingerprint density at radius 1 is 1.24 bits per heavy atom. The lowest BCUT2D eigenvalue weighted by Gasteiger charge is -2.15. The number of nitrogens with zero attached hydrogens (tertiary/aromatic N) is 4. The highest BCUT2D eigenvalue weighted by molar-refractivity contribution is 5.82. The molecule has 0 saturated heterocycles. The number of benzene rings is 1. The molecule has 5 heteroatoms. The monoisotopic (exact) mass is 341 g/mol. The Labute approximate surface area is 150 Å². The van der Waals surface area contributed by atoms with Crippen molar-refractivity contribution in [3.05, 3.63) is 48.0 Å². The van der Waals surface area contributed by atoms with E-state index >= 15 is 0 Å². The Hall–Kier alpha value is -2.43. The number of hydrogen-bond acceptors (Lipinski definition) is 3. The van der Waals surface area contributed by atoms with E-state index in [0.29, 0.717) is 6.54 Å². The van der Waals surface area contributed by atoms with Gasteiger partial charge >= 0.3 is 0 Å². The highest BCUT2D eigenvalue weighted by atomic mass is 16.1. The van der Waals surface area contributed by atoms with Gasteiger partial charge in [-0.15, -0.1) is 4.68 Å². The van der Waals surface area contributed by atoms with Crippen LogP contribution in [0, 0.1) is 5.41 Å². The molecule has 0 aliphatic heterocycles. The molecule has 2 aromatic rings. The van der Waals surface area contributed by atoms with Crippen molar-refractivity contribution in [1.82, 2.24) is 4.68 Å². The molecule has 0 aliphatic carbocycles. The molecule has 0 bridgehead atoms. The molecule has 0 atom stereocenters. The Kier molecular flexibility index (Phi) is 5.77. The van der Waals surface area contributed by atoms with Gasteiger partial charge in [0.1, 0.15) is 12.7 Å². The fraction of sp³-hybridized carbons (Fsp3) is 0.450. The lowest BCUT2D eigenvalue weighted by atomic mass is 9.91. The second-order valence-corrected chi connectivity index (χ2v) is 7.44. The summed E-state index contributed by atoms with van der Waals surface area (Å²) in [5, 5.41) is 4.56. The predicted molar refractivity (Wildman–Crippen MR) is 102 cm³/mol. The van der Waals surface area contributed by atoms with Crippen LogP contribution in [0.4, 0.5) is 5.69 Å². The average Bonchev–Trinajstić information content (AvgIpc) is 2.94.